The molecule has 0 amide bonds. The summed E-state index contributed by atoms with van der Waals surface area (Å²) in [6.45, 7) is 2.83. The highest BCUT2D eigenvalue weighted by Gasteiger charge is 2.39. The fourth-order valence-corrected chi connectivity index (χ4v) is 2.44. The third-order valence-electron chi connectivity index (χ3n) is 3.59. The van der Waals surface area contributed by atoms with Crippen molar-refractivity contribution in [1.29, 1.82) is 0 Å². The van der Waals surface area contributed by atoms with Gasteiger partial charge in [-0.05, 0) is 30.3 Å². The maximum atomic E-state index is 12.1. The minimum absolute atomic E-state index is 0.0111. The predicted octanol–water partition coefficient (Wildman–Crippen LogP) is 3.61. The van der Waals surface area contributed by atoms with Gasteiger partial charge in [0.05, 0.1) is 10.5 Å². The van der Waals surface area contributed by atoms with Gasteiger partial charge in [0.15, 0.2) is 0 Å². The van der Waals surface area contributed by atoms with Crippen LogP contribution < -0.4 is 4.74 Å². The summed E-state index contributed by atoms with van der Waals surface area (Å²) >= 11 is 0. The van der Waals surface area contributed by atoms with Crippen molar-refractivity contribution in [3.8, 4) is 11.5 Å². The number of nitro groups is 1. The van der Waals surface area contributed by atoms with Crippen molar-refractivity contribution in [3.63, 3.8) is 0 Å². The van der Waals surface area contributed by atoms with Crippen molar-refractivity contribution in [1.82, 2.24) is 0 Å². The van der Waals surface area contributed by atoms with E-state index in [1.807, 2.05) is 6.07 Å². The standard InChI is InChI=1S/C19H15NO7/c1-19(2)26-17(21)15(18(22)27-19)11-12-10-14(8-9-16(12)20(23)24)25-13-6-4-3-5-7-13/h3-11H,1-2H3. The lowest BCUT2D eigenvalue weighted by atomic mass is 10.1. The number of para-hydroxylation sites is 1. The average Bonchev–Trinajstić information content (AvgIpc) is 2.58. The second kappa shape index (κ2) is 6.91. The number of cyclic esters (lactones) is 2. The number of hydrogen-bond donors (Lipinski definition) is 0. The van der Waals surface area contributed by atoms with Crippen molar-refractivity contribution < 1.29 is 28.7 Å². The predicted molar refractivity (Wildman–Crippen MR) is 93.9 cm³/mol. The number of carbonyl (C=O) groups is 2. The molecule has 0 unspecified atom stereocenters. The number of ether oxygens (including phenoxy) is 3. The Balaban J connectivity index is 2.00. The van der Waals surface area contributed by atoms with Crippen LogP contribution in [0.2, 0.25) is 0 Å². The molecular weight excluding hydrogens is 354 g/mol. The van der Waals surface area contributed by atoms with Crippen LogP contribution in [0, 0.1) is 10.1 Å². The Morgan fingerprint density at radius 3 is 2.22 bits per heavy atom. The number of nitrogens with zero attached hydrogens (tertiary/aromatic N) is 1. The number of carbonyl (C=O) groups excluding carboxylic acids is 2. The second-order valence-corrected chi connectivity index (χ2v) is 6.13. The lowest BCUT2D eigenvalue weighted by Crippen LogP contribution is -2.41. The molecule has 8 heteroatoms. The van der Waals surface area contributed by atoms with Gasteiger partial charge in [-0.2, -0.15) is 0 Å². The van der Waals surface area contributed by atoms with Crippen LogP contribution in [0.5, 0.6) is 11.5 Å². The topological polar surface area (TPSA) is 105 Å². The fraction of sp³-hybridized carbons (Fsp3) is 0.158. The van der Waals surface area contributed by atoms with Crippen LogP contribution in [0.15, 0.2) is 54.1 Å². The molecule has 0 saturated carbocycles. The molecule has 27 heavy (non-hydrogen) atoms. The minimum Gasteiger partial charge on any atom is -0.457 e. The molecule has 8 nitrogen and oxygen atoms in total. The van der Waals surface area contributed by atoms with E-state index < -0.39 is 28.2 Å². The van der Waals surface area contributed by atoms with Crippen LogP contribution in [-0.4, -0.2) is 22.6 Å². The molecule has 1 aliphatic rings. The van der Waals surface area contributed by atoms with E-state index in [0.29, 0.717) is 11.5 Å². The van der Waals surface area contributed by atoms with Crippen molar-refractivity contribution in [3.05, 3.63) is 69.8 Å². The molecular formula is C19H15NO7. The highest BCUT2D eigenvalue weighted by atomic mass is 16.7. The van der Waals surface area contributed by atoms with Crippen molar-refractivity contribution >= 4 is 23.7 Å². The average molecular weight is 369 g/mol. The molecule has 0 aliphatic carbocycles. The molecule has 0 bridgehead atoms. The quantitative estimate of drug-likeness (QED) is 0.266. The smallest absolute Gasteiger partial charge is 0.348 e. The normalized spacial score (nSPS) is 15.6. The summed E-state index contributed by atoms with van der Waals surface area (Å²) in [5.41, 5.74) is -0.723. The molecule has 2 aromatic carbocycles. The first kappa shape index (κ1) is 18.1. The summed E-state index contributed by atoms with van der Waals surface area (Å²) in [6.07, 6.45) is 1.07. The highest BCUT2D eigenvalue weighted by Crippen LogP contribution is 2.31. The van der Waals surface area contributed by atoms with E-state index in [4.69, 9.17) is 14.2 Å². The van der Waals surface area contributed by atoms with Crippen molar-refractivity contribution in [2.75, 3.05) is 0 Å². The lowest BCUT2D eigenvalue weighted by molar-refractivity contribution is -0.385. The molecule has 0 radical (unpaired) electrons. The Bertz CT molecular complexity index is 926. The summed E-state index contributed by atoms with van der Waals surface area (Å²) in [5.74, 6) is -2.39. The van der Waals surface area contributed by atoms with E-state index in [1.54, 1.807) is 24.3 Å². The SMILES string of the molecule is CC1(C)OC(=O)C(=Cc2cc(Oc3ccccc3)ccc2[N+](=O)[O-])C(=O)O1. The van der Waals surface area contributed by atoms with E-state index in [-0.39, 0.29) is 11.3 Å². The second-order valence-electron chi connectivity index (χ2n) is 6.13. The molecule has 1 saturated heterocycles. The number of rotatable bonds is 4. The third-order valence-corrected chi connectivity index (χ3v) is 3.59. The van der Waals surface area contributed by atoms with Gasteiger partial charge in [-0.15, -0.1) is 0 Å². The lowest BCUT2D eigenvalue weighted by Gasteiger charge is -2.29. The Kier molecular flexibility index (Phi) is 4.64. The van der Waals surface area contributed by atoms with E-state index in [1.165, 1.54) is 32.0 Å². The zero-order valence-electron chi connectivity index (χ0n) is 14.5. The van der Waals surface area contributed by atoms with Gasteiger partial charge in [0, 0.05) is 19.9 Å². The van der Waals surface area contributed by atoms with Gasteiger partial charge in [-0.25, -0.2) is 9.59 Å². The maximum Gasteiger partial charge on any atom is 0.348 e. The van der Waals surface area contributed by atoms with E-state index in [0.717, 1.165) is 6.08 Å². The first-order chi connectivity index (χ1) is 12.7. The van der Waals surface area contributed by atoms with Crippen molar-refractivity contribution in [2.45, 2.75) is 19.6 Å². The minimum atomic E-state index is -1.39. The van der Waals surface area contributed by atoms with Gasteiger partial charge in [-0.1, -0.05) is 18.2 Å². The number of esters is 2. The number of hydrogen-bond acceptors (Lipinski definition) is 7. The molecule has 0 atom stereocenters. The van der Waals surface area contributed by atoms with Gasteiger partial charge in [0.2, 0.25) is 0 Å². The van der Waals surface area contributed by atoms with Gasteiger partial charge >= 0.3 is 11.9 Å². The molecule has 0 N–H and O–H groups in total. The Morgan fingerprint density at radius 1 is 1.00 bits per heavy atom. The summed E-state index contributed by atoms with van der Waals surface area (Å²) in [4.78, 5) is 34.9. The maximum absolute atomic E-state index is 12.1. The molecule has 0 spiro atoms. The molecule has 2 aromatic rings. The fourth-order valence-electron chi connectivity index (χ4n) is 2.44. The highest BCUT2D eigenvalue weighted by molar-refractivity contribution is 6.19. The molecule has 0 aromatic heterocycles. The van der Waals surface area contributed by atoms with Crippen molar-refractivity contribution in [2.24, 2.45) is 0 Å². The monoisotopic (exact) mass is 369 g/mol. The van der Waals surface area contributed by atoms with Crippen LogP contribution in [0.3, 0.4) is 0 Å². The van der Waals surface area contributed by atoms with Crippen LogP contribution in [0.25, 0.3) is 6.08 Å². The van der Waals surface area contributed by atoms with E-state index in [9.17, 15) is 19.7 Å². The van der Waals surface area contributed by atoms with Crippen LogP contribution in [0.1, 0.15) is 19.4 Å². The first-order valence-electron chi connectivity index (χ1n) is 7.95. The molecule has 1 heterocycles. The van der Waals surface area contributed by atoms with Gasteiger partial charge < -0.3 is 14.2 Å². The van der Waals surface area contributed by atoms with Gasteiger partial charge in [0.25, 0.3) is 11.5 Å². The van der Waals surface area contributed by atoms with Crippen LogP contribution in [-0.2, 0) is 19.1 Å². The van der Waals surface area contributed by atoms with Gasteiger partial charge in [0.1, 0.15) is 17.1 Å². The Hall–Kier alpha value is -3.68. The zero-order chi connectivity index (χ0) is 19.6. The molecule has 138 valence electrons. The first-order valence-corrected chi connectivity index (χ1v) is 7.95. The summed E-state index contributed by atoms with van der Waals surface area (Å²) in [7, 11) is 0. The summed E-state index contributed by atoms with van der Waals surface area (Å²) in [6, 6.07) is 12.8. The molecule has 1 aliphatic heterocycles. The summed E-state index contributed by atoms with van der Waals surface area (Å²) < 4.78 is 15.7. The zero-order valence-corrected chi connectivity index (χ0v) is 14.5. The van der Waals surface area contributed by atoms with Crippen LogP contribution >= 0.6 is 0 Å². The van der Waals surface area contributed by atoms with Crippen LogP contribution in [0.4, 0.5) is 5.69 Å². The van der Waals surface area contributed by atoms with E-state index in [2.05, 4.69) is 0 Å². The van der Waals surface area contributed by atoms with E-state index >= 15 is 0 Å². The number of benzene rings is 2. The molecule has 3 rings (SSSR count). The number of nitro benzene ring substituents is 1. The largest absolute Gasteiger partial charge is 0.457 e. The third kappa shape index (κ3) is 4.12. The Morgan fingerprint density at radius 2 is 1.63 bits per heavy atom. The summed E-state index contributed by atoms with van der Waals surface area (Å²) in [5, 5.41) is 11.3. The van der Waals surface area contributed by atoms with Gasteiger partial charge in [-0.3, -0.25) is 10.1 Å². The Labute approximate surface area is 154 Å². The molecule has 1 fully saturated rings.